The normalized spacial score (nSPS) is 17.1. The van der Waals surface area contributed by atoms with E-state index >= 15 is 0 Å². The second-order valence-electron chi connectivity index (χ2n) is 7.70. The molecule has 0 bridgehead atoms. The molecule has 0 saturated carbocycles. The van der Waals surface area contributed by atoms with Crippen molar-refractivity contribution in [2.24, 2.45) is 11.8 Å². The molecule has 28 heavy (non-hydrogen) atoms. The van der Waals surface area contributed by atoms with Crippen molar-refractivity contribution in [1.29, 1.82) is 0 Å². The first-order valence-electron chi connectivity index (χ1n) is 9.44. The van der Waals surface area contributed by atoms with Gasteiger partial charge in [0.1, 0.15) is 0 Å². The summed E-state index contributed by atoms with van der Waals surface area (Å²) < 4.78 is 5.49. The predicted octanol–water partition coefficient (Wildman–Crippen LogP) is 3.62. The van der Waals surface area contributed by atoms with Gasteiger partial charge in [0.15, 0.2) is 5.11 Å². The number of ether oxygens (including phenoxy) is 1. The van der Waals surface area contributed by atoms with Crippen LogP contribution in [0, 0.1) is 11.8 Å². The van der Waals surface area contributed by atoms with Crippen molar-refractivity contribution in [3.8, 4) is 0 Å². The summed E-state index contributed by atoms with van der Waals surface area (Å²) in [6.07, 6.45) is 0. The molecule has 0 fully saturated rings. The standard InChI is InChI=1S/C21H29N3O3S/c1-12(2)11-27-20(26)17-14(5)24(6)21(28)23-18(17)15-7-9-16(10-8-15)22-19(25)13(3)4/h7-10,12-13,18H,11H2,1-6H3,(H,22,25)(H,23,28). The van der Waals surface area contributed by atoms with E-state index in [1.54, 1.807) is 4.90 Å². The van der Waals surface area contributed by atoms with Gasteiger partial charge < -0.3 is 20.3 Å². The lowest BCUT2D eigenvalue weighted by molar-refractivity contribution is -0.140. The molecule has 1 aromatic carbocycles. The molecule has 1 aliphatic heterocycles. The lowest BCUT2D eigenvalue weighted by Gasteiger charge is -2.35. The number of hydrogen-bond acceptors (Lipinski definition) is 4. The van der Waals surface area contributed by atoms with Crippen molar-refractivity contribution in [3.63, 3.8) is 0 Å². The van der Waals surface area contributed by atoms with Gasteiger partial charge in [-0.15, -0.1) is 0 Å². The van der Waals surface area contributed by atoms with Gasteiger partial charge in [-0.3, -0.25) is 4.79 Å². The summed E-state index contributed by atoms with van der Waals surface area (Å²) in [5, 5.41) is 6.63. The number of allylic oxidation sites excluding steroid dienone is 1. The van der Waals surface area contributed by atoms with E-state index in [1.165, 1.54) is 0 Å². The molecular formula is C21H29N3O3S. The third kappa shape index (κ3) is 5.10. The van der Waals surface area contributed by atoms with Crippen molar-refractivity contribution in [2.75, 3.05) is 19.0 Å². The van der Waals surface area contributed by atoms with Crippen molar-refractivity contribution >= 4 is 34.9 Å². The van der Waals surface area contributed by atoms with Crippen LogP contribution in [-0.2, 0) is 14.3 Å². The number of carbonyl (C=O) groups is 2. The summed E-state index contributed by atoms with van der Waals surface area (Å²) in [7, 11) is 1.82. The number of carbonyl (C=O) groups excluding carboxylic acids is 2. The van der Waals surface area contributed by atoms with Crippen LogP contribution in [-0.4, -0.2) is 35.5 Å². The summed E-state index contributed by atoms with van der Waals surface area (Å²) in [5.74, 6) is -0.238. The summed E-state index contributed by atoms with van der Waals surface area (Å²) in [4.78, 5) is 26.4. The highest BCUT2D eigenvalue weighted by molar-refractivity contribution is 7.80. The lowest BCUT2D eigenvalue weighted by Crippen LogP contribution is -2.46. The molecule has 0 aliphatic carbocycles. The summed E-state index contributed by atoms with van der Waals surface area (Å²) in [6, 6.07) is 7.00. The Morgan fingerprint density at radius 2 is 1.82 bits per heavy atom. The number of hydrogen-bond donors (Lipinski definition) is 2. The van der Waals surface area contributed by atoms with E-state index < -0.39 is 6.04 Å². The minimum atomic E-state index is -0.404. The smallest absolute Gasteiger partial charge is 0.338 e. The van der Waals surface area contributed by atoms with Crippen LogP contribution in [0.25, 0.3) is 0 Å². The largest absolute Gasteiger partial charge is 0.462 e. The molecule has 6 nitrogen and oxygen atoms in total. The van der Waals surface area contributed by atoms with E-state index in [4.69, 9.17) is 17.0 Å². The van der Waals surface area contributed by atoms with Gasteiger partial charge in [0, 0.05) is 24.4 Å². The second kappa shape index (κ2) is 9.19. The molecule has 7 heteroatoms. The Bertz CT molecular complexity index is 785. The van der Waals surface area contributed by atoms with Crippen LogP contribution >= 0.6 is 12.2 Å². The molecular weight excluding hydrogens is 374 g/mol. The van der Waals surface area contributed by atoms with Crippen molar-refractivity contribution in [1.82, 2.24) is 10.2 Å². The van der Waals surface area contributed by atoms with Crippen LogP contribution < -0.4 is 10.6 Å². The number of benzene rings is 1. The highest BCUT2D eigenvalue weighted by Crippen LogP contribution is 2.31. The first-order valence-corrected chi connectivity index (χ1v) is 9.85. The number of anilines is 1. The summed E-state index contributed by atoms with van der Waals surface area (Å²) in [6.45, 7) is 9.90. The molecule has 1 aromatic rings. The zero-order chi connectivity index (χ0) is 21.0. The Kier molecular flexibility index (Phi) is 7.18. The van der Waals surface area contributed by atoms with Gasteiger partial charge in [-0.05, 0) is 42.8 Å². The van der Waals surface area contributed by atoms with Gasteiger partial charge in [0.2, 0.25) is 5.91 Å². The predicted molar refractivity (Wildman–Crippen MR) is 115 cm³/mol. The number of rotatable bonds is 6. The Balaban J connectivity index is 2.31. The molecule has 0 spiro atoms. The van der Waals surface area contributed by atoms with Gasteiger partial charge in [-0.2, -0.15) is 0 Å². The topological polar surface area (TPSA) is 70.7 Å². The van der Waals surface area contributed by atoms with Crippen molar-refractivity contribution in [2.45, 2.75) is 40.7 Å². The van der Waals surface area contributed by atoms with Gasteiger partial charge in [-0.25, -0.2) is 4.79 Å². The molecule has 2 N–H and O–H groups in total. The second-order valence-corrected chi connectivity index (χ2v) is 8.09. The monoisotopic (exact) mass is 403 g/mol. The van der Waals surface area contributed by atoms with Gasteiger partial charge in [0.05, 0.1) is 18.2 Å². The van der Waals surface area contributed by atoms with Crippen molar-refractivity contribution in [3.05, 3.63) is 41.1 Å². The Morgan fingerprint density at radius 3 is 2.36 bits per heavy atom. The molecule has 1 atom stereocenters. The fourth-order valence-corrected chi connectivity index (χ4v) is 2.97. The number of nitrogens with zero attached hydrogens (tertiary/aromatic N) is 1. The van der Waals surface area contributed by atoms with E-state index in [-0.39, 0.29) is 23.7 Å². The van der Waals surface area contributed by atoms with Crippen LogP contribution in [0.3, 0.4) is 0 Å². The number of amides is 1. The van der Waals surface area contributed by atoms with E-state index in [0.717, 1.165) is 11.3 Å². The number of thiocarbonyl (C=S) groups is 1. The lowest BCUT2D eigenvalue weighted by atomic mass is 9.95. The van der Waals surface area contributed by atoms with Gasteiger partial charge in [0.25, 0.3) is 0 Å². The number of esters is 1. The fraction of sp³-hybridized carbons (Fsp3) is 0.476. The zero-order valence-corrected chi connectivity index (χ0v) is 18.1. The molecule has 2 rings (SSSR count). The third-order valence-corrected chi connectivity index (χ3v) is 4.95. The van der Waals surface area contributed by atoms with E-state index in [2.05, 4.69) is 10.6 Å². The first kappa shape index (κ1) is 21.9. The Labute approximate surface area is 172 Å². The van der Waals surface area contributed by atoms with Crippen LogP contribution in [0.5, 0.6) is 0 Å². The first-order chi connectivity index (χ1) is 13.1. The van der Waals surface area contributed by atoms with E-state index in [0.29, 0.717) is 23.0 Å². The molecule has 1 aliphatic rings. The maximum atomic E-state index is 12.8. The summed E-state index contributed by atoms with van der Waals surface area (Å²) >= 11 is 5.41. The Hall–Kier alpha value is -2.41. The van der Waals surface area contributed by atoms with Crippen LogP contribution in [0.1, 0.15) is 46.2 Å². The minimum Gasteiger partial charge on any atom is -0.462 e. The minimum absolute atomic E-state index is 0.0416. The average Bonchev–Trinajstić information content (AvgIpc) is 2.64. The maximum absolute atomic E-state index is 12.8. The fourth-order valence-electron chi connectivity index (χ4n) is 2.72. The van der Waals surface area contributed by atoms with E-state index in [9.17, 15) is 9.59 Å². The van der Waals surface area contributed by atoms with Crippen LogP contribution in [0.4, 0.5) is 5.69 Å². The molecule has 0 saturated heterocycles. The molecule has 152 valence electrons. The highest BCUT2D eigenvalue weighted by atomic mass is 32.1. The maximum Gasteiger partial charge on any atom is 0.338 e. The molecule has 0 radical (unpaired) electrons. The summed E-state index contributed by atoms with van der Waals surface area (Å²) in [5.41, 5.74) is 2.88. The van der Waals surface area contributed by atoms with Gasteiger partial charge in [-0.1, -0.05) is 39.8 Å². The molecule has 0 aromatic heterocycles. The highest BCUT2D eigenvalue weighted by Gasteiger charge is 2.33. The average molecular weight is 404 g/mol. The molecule has 1 amide bonds. The SMILES string of the molecule is CC1=C(C(=O)OCC(C)C)C(c2ccc(NC(=O)C(C)C)cc2)NC(=S)N1C. The van der Waals surface area contributed by atoms with Crippen LogP contribution in [0.15, 0.2) is 35.5 Å². The van der Waals surface area contributed by atoms with Crippen LogP contribution in [0.2, 0.25) is 0 Å². The van der Waals surface area contributed by atoms with Crippen molar-refractivity contribution < 1.29 is 14.3 Å². The number of nitrogens with one attached hydrogen (secondary N) is 2. The molecule has 1 heterocycles. The van der Waals surface area contributed by atoms with E-state index in [1.807, 2.05) is 65.9 Å². The Morgan fingerprint density at radius 1 is 1.21 bits per heavy atom. The quantitative estimate of drug-likeness (QED) is 0.558. The zero-order valence-electron chi connectivity index (χ0n) is 17.3. The third-order valence-electron chi connectivity index (χ3n) is 4.56. The van der Waals surface area contributed by atoms with Gasteiger partial charge >= 0.3 is 5.97 Å². The molecule has 1 unspecified atom stereocenters.